The third-order valence-electron chi connectivity index (χ3n) is 2.83. The Labute approximate surface area is 105 Å². The predicted molar refractivity (Wildman–Crippen MR) is 66.9 cm³/mol. The Bertz CT molecular complexity index is 430. The number of nitrogens with one attached hydrogen (secondary N) is 1. The lowest BCUT2D eigenvalue weighted by Gasteiger charge is -2.23. The number of ether oxygens (including phenoxy) is 2. The molecule has 1 aliphatic heterocycles. The lowest BCUT2D eigenvalue weighted by Crippen LogP contribution is -2.34. The number of hydrogen-bond acceptors (Lipinski definition) is 5. The normalized spacial score (nSPS) is 19.5. The van der Waals surface area contributed by atoms with Gasteiger partial charge in [0, 0.05) is 24.4 Å². The summed E-state index contributed by atoms with van der Waals surface area (Å²) in [5.41, 5.74) is 1.84. The fourth-order valence-electron chi connectivity index (χ4n) is 1.84. The van der Waals surface area contributed by atoms with E-state index in [1.165, 1.54) is 6.07 Å². The van der Waals surface area contributed by atoms with E-state index in [9.17, 15) is 10.1 Å². The van der Waals surface area contributed by atoms with Crippen molar-refractivity contribution in [3.05, 3.63) is 33.9 Å². The van der Waals surface area contributed by atoms with Crippen molar-refractivity contribution in [1.29, 1.82) is 0 Å². The van der Waals surface area contributed by atoms with Crippen molar-refractivity contribution < 1.29 is 14.4 Å². The van der Waals surface area contributed by atoms with Crippen molar-refractivity contribution in [3.63, 3.8) is 0 Å². The first-order valence-corrected chi connectivity index (χ1v) is 5.85. The molecule has 6 heteroatoms. The van der Waals surface area contributed by atoms with Crippen LogP contribution < -0.4 is 5.32 Å². The molecular weight excluding hydrogens is 236 g/mol. The second-order valence-corrected chi connectivity index (χ2v) is 4.20. The van der Waals surface area contributed by atoms with E-state index in [4.69, 9.17) is 9.47 Å². The van der Waals surface area contributed by atoms with Gasteiger partial charge >= 0.3 is 0 Å². The first kappa shape index (κ1) is 12.8. The Kier molecular flexibility index (Phi) is 4.11. The summed E-state index contributed by atoms with van der Waals surface area (Å²) < 4.78 is 10.8. The highest BCUT2D eigenvalue weighted by atomic mass is 16.6. The fourth-order valence-corrected chi connectivity index (χ4v) is 1.84. The van der Waals surface area contributed by atoms with Crippen LogP contribution in [0.3, 0.4) is 0 Å². The number of anilines is 1. The lowest BCUT2D eigenvalue weighted by atomic mass is 10.1. The molecular formula is C12H16N2O4. The summed E-state index contributed by atoms with van der Waals surface area (Å²) in [4.78, 5) is 10.2. The molecule has 1 heterocycles. The lowest BCUT2D eigenvalue weighted by molar-refractivity contribution is -0.384. The topological polar surface area (TPSA) is 73.6 Å². The summed E-state index contributed by atoms with van der Waals surface area (Å²) in [5, 5.41) is 13.8. The molecule has 18 heavy (non-hydrogen) atoms. The zero-order chi connectivity index (χ0) is 13.0. The number of nitro groups is 1. The minimum atomic E-state index is -0.394. The Hall–Kier alpha value is -1.66. The average molecular weight is 252 g/mol. The van der Waals surface area contributed by atoms with Gasteiger partial charge in [0.05, 0.1) is 30.8 Å². The van der Waals surface area contributed by atoms with Crippen molar-refractivity contribution in [3.8, 4) is 0 Å². The summed E-state index contributed by atoms with van der Waals surface area (Å²) >= 11 is 0. The summed E-state index contributed by atoms with van der Waals surface area (Å²) in [6.07, 6.45) is 0.0355. The van der Waals surface area contributed by atoms with Gasteiger partial charge in [0.25, 0.3) is 5.69 Å². The summed E-state index contributed by atoms with van der Waals surface area (Å²) in [6.45, 7) is 4.32. The van der Waals surface area contributed by atoms with E-state index >= 15 is 0 Å². The molecule has 1 unspecified atom stereocenters. The largest absolute Gasteiger partial charge is 0.382 e. The van der Waals surface area contributed by atoms with Crippen LogP contribution in [-0.2, 0) is 9.47 Å². The van der Waals surface area contributed by atoms with Crippen molar-refractivity contribution >= 4 is 11.4 Å². The smallest absolute Gasteiger partial charge is 0.269 e. The Morgan fingerprint density at radius 2 is 2.33 bits per heavy atom. The summed E-state index contributed by atoms with van der Waals surface area (Å²) in [6, 6.07) is 4.77. The minimum Gasteiger partial charge on any atom is -0.382 e. The third-order valence-corrected chi connectivity index (χ3v) is 2.83. The van der Waals surface area contributed by atoms with E-state index in [1.54, 1.807) is 12.1 Å². The molecule has 6 nitrogen and oxygen atoms in total. The van der Waals surface area contributed by atoms with E-state index in [0.29, 0.717) is 26.4 Å². The number of nitrogens with zero attached hydrogens (tertiary/aromatic N) is 1. The quantitative estimate of drug-likeness (QED) is 0.652. The van der Waals surface area contributed by atoms with Crippen LogP contribution in [0.2, 0.25) is 0 Å². The first-order valence-electron chi connectivity index (χ1n) is 5.85. The Balaban J connectivity index is 1.94. The molecule has 1 aromatic rings. The van der Waals surface area contributed by atoms with Gasteiger partial charge in [0.2, 0.25) is 0 Å². The van der Waals surface area contributed by atoms with Crippen LogP contribution in [0.1, 0.15) is 5.56 Å². The molecule has 0 spiro atoms. The number of hydrogen-bond donors (Lipinski definition) is 1. The van der Waals surface area contributed by atoms with Crippen LogP contribution in [0, 0.1) is 17.0 Å². The van der Waals surface area contributed by atoms with Crippen LogP contribution in [-0.4, -0.2) is 37.4 Å². The summed E-state index contributed by atoms with van der Waals surface area (Å²) in [7, 11) is 0. The van der Waals surface area contributed by atoms with Gasteiger partial charge in [0.15, 0.2) is 0 Å². The van der Waals surface area contributed by atoms with Crippen LogP contribution in [0.5, 0.6) is 0 Å². The van der Waals surface area contributed by atoms with Gasteiger partial charge in [-0.15, -0.1) is 0 Å². The Morgan fingerprint density at radius 1 is 1.50 bits per heavy atom. The van der Waals surface area contributed by atoms with Crippen LogP contribution in [0.15, 0.2) is 18.2 Å². The van der Waals surface area contributed by atoms with Crippen molar-refractivity contribution in [2.75, 3.05) is 31.7 Å². The Morgan fingerprint density at radius 3 is 2.94 bits per heavy atom. The maximum Gasteiger partial charge on any atom is 0.269 e. The highest BCUT2D eigenvalue weighted by molar-refractivity contribution is 5.55. The van der Waals surface area contributed by atoms with Gasteiger partial charge < -0.3 is 14.8 Å². The third kappa shape index (κ3) is 3.18. The molecule has 1 saturated heterocycles. The number of benzene rings is 1. The highest BCUT2D eigenvalue weighted by Gasteiger charge is 2.14. The number of rotatable bonds is 4. The van der Waals surface area contributed by atoms with Crippen LogP contribution in [0.4, 0.5) is 11.4 Å². The van der Waals surface area contributed by atoms with Crippen LogP contribution in [0.25, 0.3) is 0 Å². The molecule has 0 bridgehead atoms. The molecule has 0 saturated carbocycles. The van der Waals surface area contributed by atoms with Gasteiger partial charge in [-0.25, -0.2) is 0 Å². The second-order valence-electron chi connectivity index (χ2n) is 4.20. The van der Waals surface area contributed by atoms with Gasteiger partial charge in [-0.2, -0.15) is 0 Å². The monoisotopic (exact) mass is 252 g/mol. The molecule has 1 N–H and O–H groups in total. The van der Waals surface area contributed by atoms with E-state index in [2.05, 4.69) is 5.32 Å². The van der Waals surface area contributed by atoms with Gasteiger partial charge in [-0.3, -0.25) is 10.1 Å². The molecule has 98 valence electrons. The number of aryl methyl sites for hydroxylation is 1. The molecule has 0 aliphatic carbocycles. The van der Waals surface area contributed by atoms with Gasteiger partial charge in [-0.1, -0.05) is 0 Å². The zero-order valence-corrected chi connectivity index (χ0v) is 10.2. The minimum absolute atomic E-state index is 0.0355. The number of nitro benzene ring substituents is 1. The maximum absolute atomic E-state index is 10.6. The summed E-state index contributed by atoms with van der Waals surface area (Å²) in [5.74, 6) is 0. The second kappa shape index (κ2) is 5.79. The van der Waals surface area contributed by atoms with E-state index in [-0.39, 0.29) is 11.8 Å². The molecule has 1 aromatic carbocycles. The van der Waals surface area contributed by atoms with E-state index < -0.39 is 4.92 Å². The molecule has 1 atom stereocenters. The molecule has 0 aromatic heterocycles. The van der Waals surface area contributed by atoms with Gasteiger partial charge in [-0.05, 0) is 18.6 Å². The molecule has 1 aliphatic rings. The zero-order valence-electron chi connectivity index (χ0n) is 10.2. The SMILES string of the molecule is Cc1cc([N+](=O)[O-])ccc1NCC1COCCO1. The maximum atomic E-state index is 10.6. The van der Waals surface area contributed by atoms with E-state index in [0.717, 1.165) is 11.3 Å². The van der Waals surface area contributed by atoms with Crippen molar-refractivity contribution in [2.24, 2.45) is 0 Å². The standard InChI is InChI=1S/C12H16N2O4/c1-9-6-10(14(15)16)2-3-12(9)13-7-11-8-17-4-5-18-11/h2-3,6,11,13H,4-5,7-8H2,1H3. The van der Waals surface area contributed by atoms with E-state index in [1.807, 2.05) is 6.92 Å². The van der Waals surface area contributed by atoms with Crippen molar-refractivity contribution in [2.45, 2.75) is 13.0 Å². The predicted octanol–water partition coefficient (Wildman–Crippen LogP) is 1.73. The van der Waals surface area contributed by atoms with Crippen LogP contribution >= 0.6 is 0 Å². The molecule has 0 radical (unpaired) electrons. The van der Waals surface area contributed by atoms with Crippen molar-refractivity contribution in [1.82, 2.24) is 0 Å². The molecule has 2 rings (SSSR count). The first-order chi connectivity index (χ1) is 8.66. The highest BCUT2D eigenvalue weighted by Crippen LogP contribution is 2.21. The number of non-ortho nitro benzene ring substituents is 1. The average Bonchev–Trinajstić information content (AvgIpc) is 2.38. The molecule has 1 fully saturated rings. The fraction of sp³-hybridized carbons (Fsp3) is 0.500. The van der Waals surface area contributed by atoms with Gasteiger partial charge in [0.1, 0.15) is 0 Å². The molecule has 0 amide bonds.